The minimum atomic E-state index is -0.0184. The fraction of sp³-hybridized carbons (Fsp3) is 0.0588. The molecule has 0 saturated heterocycles. The Hall–Kier alpha value is -4.96. The highest BCUT2D eigenvalue weighted by atomic mass is 15.2. The predicted octanol–water partition coefficient (Wildman–Crippen LogP) is 7.56. The van der Waals surface area contributed by atoms with Gasteiger partial charge < -0.3 is 15.2 Å². The Labute approximate surface area is 220 Å². The van der Waals surface area contributed by atoms with E-state index < -0.39 is 0 Å². The third kappa shape index (κ3) is 3.04. The summed E-state index contributed by atoms with van der Waals surface area (Å²) in [4.78, 5) is 0. The van der Waals surface area contributed by atoms with Gasteiger partial charge in [0.2, 0.25) is 0 Å². The molecule has 8 rings (SSSR count). The van der Waals surface area contributed by atoms with Gasteiger partial charge in [0.05, 0.1) is 22.1 Å². The zero-order chi connectivity index (χ0) is 25.1. The van der Waals surface area contributed by atoms with Crippen molar-refractivity contribution in [2.45, 2.75) is 6.17 Å². The van der Waals surface area contributed by atoms with Gasteiger partial charge in [-0.25, -0.2) is 0 Å². The fourth-order valence-corrected chi connectivity index (χ4v) is 6.12. The molecule has 0 fully saturated rings. The summed E-state index contributed by atoms with van der Waals surface area (Å²) in [6, 6.07) is 32.6. The Balaban J connectivity index is 1.44. The number of allylic oxidation sites excluding steroid dienone is 4. The van der Waals surface area contributed by atoms with Crippen LogP contribution in [0.2, 0.25) is 0 Å². The van der Waals surface area contributed by atoms with Crippen molar-refractivity contribution in [1.29, 1.82) is 0 Å². The van der Waals surface area contributed by atoms with Gasteiger partial charge in [-0.1, -0.05) is 97.1 Å². The molecular formula is C34H26N4. The normalized spacial score (nSPS) is 17.1. The molecule has 2 aliphatic heterocycles. The van der Waals surface area contributed by atoms with Crippen LogP contribution in [0.5, 0.6) is 0 Å². The second-order valence-corrected chi connectivity index (χ2v) is 9.89. The van der Waals surface area contributed by atoms with E-state index in [9.17, 15) is 0 Å². The zero-order valence-electron chi connectivity index (χ0n) is 20.8. The monoisotopic (exact) mass is 490 g/mol. The van der Waals surface area contributed by atoms with Crippen LogP contribution in [-0.4, -0.2) is 15.7 Å². The van der Waals surface area contributed by atoms with Gasteiger partial charge in [-0.2, -0.15) is 0 Å². The van der Waals surface area contributed by atoms with Gasteiger partial charge >= 0.3 is 0 Å². The molecule has 2 N–H and O–H groups in total. The first-order chi connectivity index (χ1) is 18.9. The van der Waals surface area contributed by atoms with Crippen molar-refractivity contribution < 1.29 is 0 Å². The van der Waals surface area contributed by atoms with E-state index in [4.69, 9.17) is 0 Å². The van der Waals surface area contributed by atoms with Crippen LogP contribution in [-0.2, 0) is 0 Å². The van der Waals surface area contributed by atoms with Crippen molar-refractivity contribution in [1.82, 2.24) is 19.8 Å². The SMILES string of the molecule is C1=CCNC(n2c3ccccc3c3ccc4c5ccccc5n(C5C=CC(c6ccccc6)=CN5)c4c32)=C1. The molecule has 0 radical (unpaired) electrons. The largest absolute Gasteiger partial charge is 0.368 e. The van der Waals surface area contributed by atoms with Gasteiger partial charge in [0.1, 0.15) is 12.0 Å². The Morgan fingerprint density at radius 2 is 1.39 bits per heavy atom. The predicted molar refractivity (Wildman–Crippen MR) is 160 cm³/mol. The zero-order valence-corrected chi connectivity index (χ0v) is 20.8. The number of rotatable bonds is 3. The van der Waals surface area contributed by atoms with Crippen LogP contribution < -0.4 is 10.6 Å². The molecule has 4 heterocycles. The van der Waals surface area contributed by atoms with E-state index in [0.717, 1.165) is 12.4 Å². The maximum absolute atomic E-state index is 3.72. The lowest BCUT2D eigenvalue weighted by Gasteiger charge is -2.24. The summed E-state index contributed by atoms with van der Waals surface area (Å²) in [6.45, 7) is 0.818. The number of hydrogen-bond donors (Lipinski definition) is 2. The Kier molecular flexibility index (Phi) is 4.61. The highest BCUT2D eigenvalue weighted by Gasteiger charge is 2.24. The van der Waals surface area contributed by atoms with Crippen molar-refractivity contribution >= 4 is 55.0 Å². The minimum Gasteiger partial charge on any atom is -0.368 e. The summed E-state index contributed by atoms with van der Waals surface area (Å²) in [5.74, 6) is 1.10. The molecule has 0 saturated carbocycles. The van der Waals surface area contributed by atoms with Crippen molar-refractivity contribution in [3.05, 3.63) is 133 Å². The number of dihydropyridines is 2. The fourth-order valence-electron chi connectivity index (χ4n) is 6.12. The summed E-state index contributed by atoms with van der Waals surface area (Å²) in [5, 5.41) is 12.4. The van der Waals surface area contributed by atoms with E-state index in [1.165, 1.54) is 54.7 Å². The molecule has 4 nitrogen and oxygen atoms in total. The van der Waals surface area contributed by atoms with E-state index in [1.807, 2.05) is 0 Å². The number of hydrogen-bond acceptors (Lipinski definition) is 2. The number of fused-ring (bicyclic) bond motifs is 7. The van der Waals surface area contributed by atoms with E-state index in [0.29, 0.717) is 0 Å². The molecule has 38 heavy (non-hydrogen) atoms. The highest BCUT2D eigenvalue weighted by molar-refractivity contribution is 6.23. The Morgan fingerprint density at radius 3 is 2.13 bits per heavy atom. The molecule has 4 aromatic carbocycles. The van der Waals surface area contributed by atoms with E-state index >= 15 is 0 Å². The Morgan fingerprint density at radius 1 is 0.684 bits per heavy atom. The topological polar surface area (TPSA) is 33.9 Å². The van der Waals surface area contributed by atoms with Crippen LogP contribution in [0.1, 0.15) is 11.7 Å². The first kappa shape index (κ1) is 21.2. The number of benzene rings is 4. The minimum absolute atomic E-state index is 0.0184. The number of nitrogens with zero attached hydrogens (tertiary/aromatic N) is 2. The summed E-state index contributed by atoms with van der Waals surface area (Å²) in [5.41, 5.74) is 7.28. The van der Waals surface area contributed by atoms with E-state index in [2.05, 4.69) is 147 Å². The summed E-state index contributed by atoms with van der Waals surface area (Å²) >= 11 is 0. The summed E-state index contributed by atoms with van der Waals surface area (Å²) in [6.07, 6.45) is 13.1. The average Bonchev–Trinajstić information content (AvgIpc) is 3.51. The van der Waals surface area contributed by atoms with E-state index in [-0.39, 0.29) is 6.17 Å². The van der Waals surface area contributed by atoms with Crippen molar-refractivity contribution in [2.75, 3.05) is 6.54 Å². The van der Waals surface area contributed by atoms with Gasteiger partial charge in [-0.15, -0.1) is 0 Å². The van der Waals surface area contributed by atoms with Gasteiger partial charge in [0.15, 0.2) is 0 Å². The van der Waals surface area contributed by atoms with Gasteiger partial charge in [-0.05, 0) is 35.4 Å². The Bertz CT molecular complexity index is 2000. The van der Waals surface area contributed by atoms with Crippen molar-refractivity contribution in [3.63, 3.8) is 0 Å². The molecule has 2 aliphatic rings. The third-order valence-electron chi connectivity index (χ3n) is 7.79. The smallest absolute Gasteiger partial charge is 0.123 e. The van der Waals surface area contributed by atoms with Gasteiger partial charge in [0, 0.05) is 34.3 Å². The van der Waals surface area contributed by atoms with Gasteiger partial charge in [0.25, 0.3) is 0 Å². The molecule has 1 atom stereocenters. The van der Waals surface area contributed by atoms with Crippen LogP contribution in [0.4, 0.5) is 0 Å². The first-order valence-electron chi connectivity index (χ1n) is 13.1. The molecule has 0 amide bonds. The quantitative estimate of drug-likeness (QED) is 0.268. The van der Waals surface area contributed by atoms with E-state index in [1.54, 1.807) is 0 Å². The number of aromatic nitrogens is 2. The second-order valence-electron chi connectivity index (χ2n) is 9.89. The standard InChI is InChI=1S/C34H26N4/c1-2-10-23(11-3-1)24-17-20-32(36-22-24)38-30-15-7-5-13-26(30)28-19-18-27-25-12-4-6-14-29(25)37(33(27)34(28)38)31-16-8-9-21-35-31/h1-20,22,32,35-36H,21H2. The lowest BCUT2D eigenvalue weighted by atomic mass is 10.0. The lowest BCUT2D eigenvalue weighted by molar-refractivity contribution is 0.580. The van der Waals surface area contributed by atoms with Crippen molar-refractivity contribution in [3.8, 4) is 0 Å². The maximum Gasteiger partial charge on any atom is 0.123 e. The maximum atomic E-state index is 3.72. The summed E-state index contributed by atoms with van der Waals surface area (Å²) < 4.78 is 4.88. The van der Waals surface area contributed by atoms with Gasteiger partial charge in [-0.3, -0.25) is 4.57 Å². The van der Waals surface area contributed by atoms with Crippen LogP contribution in [0, 0.1) is 0 Å². The first-order valence-corrected chi connectivity index (χ1v) is 13.1. The summed E-state index contributed by atoms with van der Waals surface area (Å²) in [7, 11) is 0. The molecule has 0 aliphatic carbocycles. The molecule has 4 heteroatoms. The molecular weight excluding hydrogens is 464 g/mol. The molecule has 0 spiro atoms. The van der Waals surface area contributed by atoms with Crippen LogP contribution in [0.3, 0.4) is 0 Å². The van der Waals surface area contributed by atoms with Crippen molar-refractivity contribution in [2.24, 2.45) is 0 Å². The molecule has 182 valence electrons. The molecule has 0 bridgehead atoms. The lowest BCUT2D eigenvalue weighted by Crippen LogP contribution is -2.23. The van der Waals surface area contributed by atoms with Crippen LogP contribution in [0.15, 0.2) is 128 Å². The molecule has 2 aromatic heterocycles. The molecule has 1 unspecified atom stereocenters. The average molecular weight is 491 g/mol. The van der Waals surface area contributed by atoms with Crippen LogP contribution >= 0.6 is 0 Å². The number of para-hydroxylation sites is 2. The number of nitrogens with one attached hydrogen (secondary N) is 2. The van der Waals surface area contributed by atoms with Crippen LogP contribution in [0.25, 0.3) is 55.0 Å². The molecule has 6 aromatic rings. The second kappa shape index (κ2) is 8.29. The highest BCUT2D eigenvalue weighted by Crippen LogP contribution is 2.41. The third-order valence-corrected chi connectivity index (χ3v) is 7.79.